The highest BCUT2D eigenvalue weighted by Gasteiger charge is 2.23. The van der Waals surface area contributed by atoms with Crippen LogP contribution in [0.25, 0.3) is 0 Å². The van der Waals surface area contributed by atoms with Crippen molar-refractivity contribution >= 4 is 22.4 Å². The molecule has 1 aliphatic rings. The molecule has 17 heavy (non-hydrogen) atoms. The van der Waals surface area contributed by atoms with E-state index < -0.39 is 10.0 Å². The van der Waals surface area contributed by atoms with E-state index in [9.17, 15) is 8.42 Å². The van der Waals surface area contributed by atoms with Gasteiger partial charge >= 0.3 is 0 Å². The number of sulfonamides is 1. The summed E-state index contributed by atoms with van der Waals surface area (Å²) < 4.78 is 31.2. The van der Waals surface area contributed by atoms with Gasteiger partial charge in [0.1, 0.15) is 0 Å². The van der Waals surface area contributed by atoms with Crippen LogP contribution in [0, 0.1) is 5.92 Å². The Labute approximate surface area is 110 Å². The molecule has 0 aromatic heterocycles. The van der Waals surface area contributed by atoms with Crippen molar-refractivity contribution in [2.75, 3.05) is 32.1 Å². The van der Waals surface area contributed by atoms with Crippen LogP contribution in [0.2, 0.25) is 0 Å². The predicted molar refractivity (Wildman–Crippen MR) is 71.1 cm³/mol. The van der Waals surface area contributed by atoms with Gasteiger partial charge in [0.05, 0.1) is 12.4 Å². The highest BCUT2D eigenvalue weighted by molar-refractivity contribution is 7.89. The molecule has 0 radical (unpaired) electrons. The summed E-state index contributed by atoms with van der Waals surface area (Å²) in [4.78, 5) is 0. The van der Waals surface area contributed by atoms with Crippen molar-refractivity contribution in [1.82, 2.24) is 10.0 Å². The summed E-state index contributed by atoms with van der Waals surface area (Å²) in [5.41, 5.74) is 0. The third-order valence-electron chi connectivity index (χ3n) is 2.64. The summed E-state index contributed by atoms with van der Waals surface area (Å²) in [6, 6.07) is 0.166. The maximum Gasteiger partial charge on any atom is 0.212 e. The molecule has 1 rings (SSSR count). The van der Waals surface area contributed by atoms with Crippen LogP contribution in [0.15, 0.2) is 0 Å². The van der Waals surface area contributed by atoms with Gasteiger partial charge in [-0.3, -0.25) is 0 Å². The Morgan fingerprint density at radius 1 is 1.47 bits per heavy atom. The standard InChI is InChI=1S/C10H22N2O3S.ClH/c1-3-11-9(2)6-12-16(13,14)8-10-4-5-15-7-10;/h9-12H,3-8H2,1-2H3;1H/t9-,10?;/m1./s1. The van der Waals surface area contributed by atoms with Gasteiger partial charge in [-0.15, -0.1) is 12.4 Å². The highest BCUT2D eigenvalue weighted by atomic mass is 35.5. The fraction of sp³-hybridized carbons (Fsp3) is 1.00. The molecule has 1 fully saturated rings. The summed E-state index contributed by atoms with van der Waals surface area (Å²) >= 11 is 0. The highest BCUT2D eigenvalue weighted by Crippen LogP contribution is 2.13. The van der Waals surface area contributed by atoms with Gasteiger partial charge in [0.15, 0.2) is 0 Å². The first-order chi connectivity index (χ1) is 7.53. The monoisotopic (exact) mass is 286 g/mol. The Kier molecular flexibility index (Phi) is 8.32. The zero-order chi connectivity index (χ0) is 12.0. The Morgan fingerprint density at radius 2 is 2.18 bits per heavy atom. The van der Waals surface area contributed by atoms with E-state index >= 15 is 0 Å². The van der Waals surface area contributed by atoms with Crippen molar-refractivity contribution in [3.63, 3.8) is 0 Å². The summed E-state index contributed by atoms with van der Waals surface area (Å²) in [6.07, 6.45) is 0.851. The van der Waals surface area contributed by atoms with Crippen LogP contribution in [0.5, 0.6) is 0 Å². The zero-order valence-corrected chi connectivity index (χ0v) is 12.1. The van der Waals surface area contributed by atoms with Crippen molar-refractivity contribution in [2.24, 2.45) is 5.92 Å². The van der Waals surface area contributed by atoms with E-state index in [0.29, 0.717) is 19.8 Å². The minimum absolute atomic E-state index is 0. The second-order valence-corrected chi connectivity index (χ2v) is 6.17. The molecule has 0 aromatic carbocycles. The zero-order valence-electron chi connectivity index (χ0n) is 10.4. The summed E-state index contributed by atoms with van der Waals surface area (Å²) in [5.74, 6) is 0.346. The maximum absolute atomic E-state index is 11.7. The molecule has 0 saturated carbocycles. The molecular weight excluding hydrogens is 264 g/mol. The smallest absolute Gasteiger partial charge is 0.212 e. The molecule has 0 aliphatic carbocycles. The normalized spacial score (nSPS) is 22.1. The number of ether oxygens (including phenoxy) is 1. The van der Waals surface area contributed by atoms with E-state index in [-0.39, 0.29) is 30.1 Å². The van der Waals surface area contributed by atoms with Crippen molar-refractivity contribution in [2.45, 2.75) is 26.3 Å². The second kappa shape index (κ2) is 8.26. The Hall–Kier alpha value is 0.120. The van der Waals surface area contributed by atoms with E-state index in [1.165, 1.54) is 0 Å². The number of nitrogens with one attached hydrogen (secondary N) is 2. The molecule has 1 aliphatic heterocycles. The molecule has 0 spiro atoms. The third kappa shape index (κ3) is 7.21. The van der Waals surface area contributed by atoms with Gasteiger partial charge in [-0.1, -0.05) is 6.92 Å². The van der Waals surface area contributed by atoms with Crippen LogP contribution in [-0.2, 0) is 14.8 Å². The molecule has 1 saturated heterocycles. The van der Waals surface area contributed by atoms with E-state index in [4.69, 9.17) is 4.74 Å². The SMILES string of the molecule is CCN[C@H](C)CNS(=O)(=O)CC1CCOC1.Cl. The van der Waals surface area contributed by atoms with Gasteiger partial charge in [-0.05, 0) is 25.8 Å². The van der Waals surface area contributed by atoms with Gasteiger partial charge in [-0.2, -0.15) is 0 Å². The van der Waals surface area contributed by atoms with Crippen LogP contribution in [0.4, 0.5) is 0 Å². The lowest BCUT2D eigenvalue weighted by molar-refractivity contribution is 0.188. The van der Waals surface area contributed by atoms with Gasteiger partial charge in [0.25, 0.3) is 0 Å². The number of hydrogen-bond donors (Lipinski definition) is 2. The first-order valence-electron chi connectivity index (χ1n) is 5.82. The summed E-state index contributed by atoms with van der Waals surface area (Å²) in [7, 11) is -3.15. The predicted octanol–water partition coefficient (Wildman–Crippen LogP) is 0.362. The molecular formula is C10H23ClN2O3S. The van der Waals surface area contributed by atoms with Gasteiger partial charge in [-0.25, -0.2) is 13.1 Å². The average Bonchev–Trinajstić information content (AvgIpc) is 2.67. The number of rotatable bonds is 7. The van der Waals surface area contributed by atoms with Crippen molar-refractivity contribution in [3.8, 4) is 0 Å². The van der Waals surface area contributed by atoms with E-state index in [1.54, 1.807) is 0 Å². The molecule has 2 atom stereocenters. The average molecular weight is 287 g/mol. The summed E-state index contributed by atoms with van der Waals surface area (Å²) in [6.45, 7) is 6.52. The van der Waals surface area contributed by atoms with Crippen molar-refractivity contribution in [1.29, 1.82) is 0 Å². The molecule has 5 nitrogen and oxygen atoms in total. The lowest BCUT2D eigenvalue weighted by Crippen LogP contribution is -2.40. The fourth-order valence-electron chi connectivity index (χ4n) is 1.76. The number of likely N-dealkylation sites (N-methyl/N-ethyl adjacent to an activating group) is 1. The molecule has 0 aromatic rings. The molecule has 104 valence electrons. The first kappa shape index (κ1) is 17.1. The van der Waals surface area contributed by atoms with Crippen LogP contribution >= 0.6 is 12.4 Å². The maximum atomic E-state index is 11.7. The molecule has 0 amide bonds. The molecule has 1 unspecified atom stereocenters. The molecule has 2 N–H and O–H groups in total. The Bertz CT molecular complexity index is 292. The number of hydrogen-bond acceptors (Lipinski definition) is 4. The molecule has 7 heteroatoms. The van der Waals surface area contributed by atoms with E-state index in [0.717, 1.165) is 13.0 Å². The molecule has 0 bridgehead atoms. The van der Waals surface area contributed by atoms with Gasteiger partial charge in [0, 0.05) is 19.2 Å². The topological polar surface area (TPSA) is 67.4 Å². The van der Waals surface area contributed by atoms with E-state index in [2.05, 4.69) is 10.0 Å². The van der Waals surface area contributed by atoms with Crippen LogP contribution < -0.4 is 10.0 Å². The van der Waals surface area contributed by atoms with Gasteiger partial charge < -0.3 is 10.1 Å². The van der Waals surface area contributed by atoms with Crippen LogP contribution in [0.1, 0.15) is 20.3 Å². The van der Waals surface area contributed by atoms with Crippen molar-refractivity contribution in [3.05, 3.63) is 0 Å². The number of halogens is 1. The molecule has 1 heterocycles. The lowest BCUT2D eigenvalue weighted by atomic mass is 10.2. The third-order valence-corrected chi connectivity index (χ3v) is 4.16. The fourth-order valence-corrected chi connectivity index (χ4v) is 3.26. The Balaban J connectivity index is 0.00000256. The van der Waals surface area contributed by atoms with Crippen LogP contribution in [-0.4, -0.2) is 46.5 Å². The lowest BCUT2D eigenvalue weighted by Gasteiger charge is -2.14. The van der Waals surface area contributed by atoms with Crippen LogP contribution in [0.3, 0.4) is 0 Å². The quantitative estimate of drug-likeness (QED) is 0.709. The first-order valence-corrected chi connectivity index (χ1v) is 7.47. The second-order valence-electron chi connectivity index (χ2n) is 4.32. The van der Waals surface area contributed by atoms with Crippen molar-refractivity contribution < 1.29 is 13.2 Å². The minimum Gasteiger partial charge on any atom is -0.381 e. The Morgan fingerprint density at radius 3 is 2.71 bits per heavy atom. The van der Waals surface area contributed by atoms with E-state index in [1.807, 2.05) is 13.8 Å². The van der Waals surface area contributed by atoms with Gasteiger partial charge in [0.2, 0.25) is 10.0 Å². The minimum atomic E-state index is -3.15. The largest absolute Gasteiger partial charge is 0.381 e. The summed E-state index contributed by atoms with van der Waals surface area (Å²) in [5, 5.41) is 3.16.